The third kappa shape index (κ3) is 7.94. The first-order valence-corrected chi connectivity index (χ1v) is 8.28. The molecule has 1 unspecified atom stereocenters. The van der Waals surface area contributed by atoms with Gasteiger partial charge in [-0.05, 0) is 18.3 Å². The first-order valence-electron chi connectivity index (χ1n) is 6.79. The summed E-state index contributed by atoms with van der Waals surface area (Å²) in [5.41, 5.74) is -0.208. The largest absolute Gasteiger partial charge is 0.481 e. The van der Waals surface area contributed by atoms with E-state index in [-0.39, 0.29) is 11.8 Å². The molecule has 0 heterocycles. The summed E-state index contributed by atoms with van der Waals surface area (Å²) in [5, 5.41) is 8.79. The first kappa shape index (κ1) is 17.6. The minimum absolute atomic E-state index is 0.132. The van der Waals surface area contributed by atoms with Gasteiger partial charge in [-0.15, -0.1) is 0 Å². The molecule has 0 bridgehead atoms. The van der Waals surface area contributed by atoms with Crippen molar-refractivity contribution in [1.82, 2.24) is 0 Å². The van der Waals surface area contributed by atoms with Crippen LogP contribution in [0.5, 0.6) is 0 Å². The van der Waals surface area contributed by atoms with Gasteiger partial charge in [0.1, 0.15) is 0 Å². The number of carbonyl (C=O) groups is 1. The highest BCUT2D eigenvalue weighted by atomic mass is 32.2. The molecule has 0 amide bonds. The Hall–Kier alpha value is -0.500. The summed E-state index contributed by atoms with van der Waals surface area (Å²) in [4.78, 5) is 10.7. The van der Waals surface area contributed by atoms with Crippen molar-refractivity contribution in [1.29, 1.82) is 0 Å². The lowest BCUT2D eigenvalue weighted by molar-refractivity contribution is -0.138. The van der Waals surface area contributed by atoms with E-state index < -0.39 is 16.8 Å². The van der Waals surface area contributed by atoms with E-state index in [4.69, 9.17) is 19.3 Å². The van der Waals surface area contributed by atoms with Gasteiger partial charge in [0, 0.05) is 29.4 Å². The van der Waals surface area contributed by atoms with Gasteiger partial charge in [0.2, 0.25) is 0 Å². The summed E-state index contributed by atoms with van der Waals surface area (Å²) in [6, 6.07) is 0. The van der Waals surface area contributed by atoms with E-state index in [1.807, 2.05) is 0 Å². The van der Waals surface area contributed by atoms with E-state index in [1.165, 1.54) is 0 Å². The van der Waals surface area contributed by atoms with Crippen molar-refractivity contribution in [3.05, 3.63) is 0 Å². The fraction of sp³-hybridized carbons (Fsp3) is 0.923. The van der Waals surface area contributed by atoms with Crippen molar-refractivity contribution in [2.24, 2.45) is 5.41 Å². The van der Waals surface area contributed by atoms with Crippen LogP contribution in [-0.4, -0.2) is 66.9 Å². The van der Waals surface area contributed by atoms with Crippen LogP contribution in [0.25, 0.3) is 0 Å². The van der Waals surface area contributed by atoms with Crippen LogP contribution in [0.2, 0.25) is 0 Å². The van der Waals surface area contributed by atoms with Crippen LogP contribution in [0, 0.1) is 5.41 Å². The van der Waals surface area contributed by atoms with E-state index >= 15 is 0 Å². The van der Waals surface area contributed by atoms with Crippen LogP contribution < -0.4 is 0 Å². The lowest BCUT2D eigenvalue weighted by Gasteiger charge is -2.12. The Morgan fingerprint density at radius 1 is 1.15 bits per heavy atom. The van der Waals surface area contributed by atoms with E-state index in [0.717, 1.165) is 12.8 Å². The Balaban J connectivity index is 1.97. The monoisotopic (exact) mass is 308 g/mol. The van der Waals surface area contributed by atoms with Crippen molar-refractivity contribution in [3.8, 4) is 0 Å². The molecule has 0 aromatic rings. The molecular formula is C13H24O6S. The Bertz CT molecular complexity index is 316. The summed E-state index contributed by atoms with van der Waals surface area (Å²) in [5.74, 6) is 0.135. The second-order valence-corrected chi connectivity index (χ2v) is 6.65. The number of hydrogen-bond acceptors (Lipinski definition) is 5. The topological polar surface area (TPSA) is 82.1 Å². The van der Waals surface area contributed by atoms with Crippen molar-refractivity contribution >= 4 is 16.8 Å². The average Bonchev–Trinajstić information content (AvgIpc) is 3.11. The van der Waals surface area contributed by atoms with Crippen LogP contribution in [-0.2, 0) is 29.8 Å². The predicted molar refractivity (Wildman–Crippen MR) is 75.3 cm³/mol. The molecule has 1 atom stereocenters. The SMILES string of the molecule is COCCOCCOCCS(=O)CC1(CC(=O)O)CC1. The van der Waals surface area contributed by atoms with Gasteiger partial charge < -0.3 is 19.3 Å². The van der Waals surface area contributed by atoms with Crippen molar-refractivity contribution < 1.29 is 28.3 Å². The lowest BCUT2D eigenvalue weighted by Crippen LogP contribution is -2.20. The molecule has 0 saturated heterocycles. The summed E-state index contributed by atoms with van der Waals surface area (Å²) in [7, 11) is 0.614. The standard InChI is InChI=1S/C13H24O6S/c1-17-4-5-18-6-7-19-8-9-20(16)11-13(2-3-13)10-12(14)15/h2-11H2,1H3,(H,14,15). The quantitative estimate of drug-likeness (QED) is 0.504. The molecule has 6 nitrogen and oxygen atoms in total. The number of carboxylic acids is 1. The molecule has 0 aromatic heterocycles. The molecule has 1 aliphatic rings. The molecule has 0 radical (unpaired) electrons. The molecule has 20 heavy (non-hydrogen) atoms. The van der Waals surface area contributed by atoms with Crippen LogP contribution in [0.3, 0.4) is 0 Å². The fourth-order valence-corrected chi connectivity index (χ4v) is 3.42. The zero-order valence-corrected chi connectivity index (χ0v) is 12.8. The maximum atomic E-state index is 11.8. The van der Waals surface area contributed by atoms with Crippen molar-refractivity contribution in [3.63, 3.8) is 0 Å². The van der Waals surface area contributed by atoms with Gasteiger partial charge in [0.05, 0.1) is 39.5 Å². The molecule has 118 valence electrons. The van der Waals surface area contributed by atoms with Crippen LogP contribution in [0.15, 0.2) is 0 Å². The Labute approximate surface area is 122 Å². The van der Waals surface area contributed by atoms with Gasteiger partial charge in [-0.2, -0.15) is 0 Å². The van der Waals surface area contributed by atoms with Gasteiger partial charge in [-0.1, -0.05) is 0 Å². The Kier molecular flexibility index (Phi) is 8.28. The highest BCUT2D eigenvalue weighted by Crippen LogP contribution is 2.49. The minimum Gasteiger partial charge on any atom is -0.481 e. The number of ether oxygens (including phenoxy) is 3. The number of hydrogen-bond donors (Lipinski definition) is 1. The van der Waals surface area contributed by atoms with E-state index in [2.05, 4.69) is 0 Å². The van der Waals surface area contributed by atoms with E-state index in [0.29, 0.717) is 44.5 Å². The number of methoxy groups -OCH3 is 1. The fourth-order valence-electron chi connectivity index (χ4n) is 1.90. The molecule has 7 heteroatoms. The number of rotatable bonds is 13. The minimum atomic E-state index is -1.00. The first-order chi connectivity index (χ1) is 9.58. The summed E-state index contributed by atoms with van der Waals surface area (Å²) in [6.45, 7) is 2.50. The molecule has 0 aromatic carbocycles. The van der Waals surface area contributed by atoms with Crippen LogP contribution in [0.4, 0.5) is 0 Å². The third-order valence-electron chi connectivity index (χ3n) is 3.21. The molecule has 0 spiro atoms. The highest BCUT2D eigenvalue weighted by Gasteiger charge is 2.45. The zero-order chi connectivity index (χ0) is 14.8. The highest BCUT2D eigenvalue weighted by molar-refractivity contribution is 7.85. The number of carboxylic acid groups (broad SMARTS) is 1. The second kappa shape index (κ2) is 9.44. The van der Waals surface area contributed by atoms with Crippen molar-refractivity contribution in [2.75, 3.05) is 51.6 Å². The normalized spacial score (nSPS) is 17.9. The van der Waals surface area contributed by atoms with Gasteiger partial charge in [-0.3, -0.25) is 9.00 Å². The molecule has 0 aliphatic heterocycles. The van der Waals surface area contributed by atoms with Gasteiger partial charge in [-0.25, -0.2) is 0 Å². The molecule has 1 fully saturated rings. The van der Waals surface area contributed by atoms with Crippen LogP contribution >= 0.6 is 0 Å². The van der Waals surface area contributed by atoms with E-state index in [1.54, 1.807) is 7.11 Å². The maximum Gasteiger partial charge on any atom is 0.303 e. The van der Waals surface area contributed by atoms with E-state index in [9.17, 15) is 9.00 Å². The van der Waals surface area contributed by atoms with Gasteiger partial charge in [0.15, 0.2) is 0 Å². The van der Waals surface area contributed by atoms with Crippen molar-refractivity contribution in [2.45, 2.75) is 19.3 Å². The summed E-state index contributed by atoms with van der Waals surface area (Å²) >= 11 is 0. The average molecular weight is 308 g/mol. The Morgan fingerprint density at radius 2 is 1.75 bits per heavy atom. The van der Waals surface area contributed by atoms with Gasteiger partial charge >= 0.3 is 5.97 Å². The molecule has 1 aliphatic carbocycles. The molecule has 1 saturated carbocycles. The molecule has 1 rings (SSSR count). The predicted octanol–water partition coefficient (Wildman–Crippen LogP) is 0.670. The smallest absolute Gasteiger partial charge is 0.303 e. The molecule has 1 N–H and O–H groups in total. The maximum absolute atomic E-state index is 11.8. The number of aliphatic carboxylic acids is 1. The van der Waals surface area contributed by atoms with Crippen LogP contribution in [0.1, 0.15) is 19.3 Å². The lowest BCUT2D eigenvalue weighted by atomic mass is 10.1. The third-order valence-corrected chi connectivity index (χ3v) is 4.77. The summed E-state index contributed by atoms with van der Waals surface area (Å²) in [6.07, 6.45) is 1.88. The Morgan fingerprint density at radius 3 is 2.30 bits per heavy atom. The zero-order valence-electron chi connectivity index (χ0n) is 12.0. The summed E-state index contributed by atoms with van der Waals surface area (Å²) < 4.78 is 27.2. The second-order valence-electron chi connectivity index (χ2n) is 5.08. The molecular weight excluding hydrogens is 284 g/mol. The van der Waals surface area contributed by atoms with Gasteiger partial charge in [0.25, 0.3) is 0 Å².